The number of benzene rings is 3. The van der Waals surface area contributed by atoms with E-state index in [2.05, 4.69) is 16.3 Å². The molecule has 0 bridgehead atoms. The van der Waals surface area contributed by atoms with Crippen LogP contribution < -0.4 is 15.0 Å². The molecule has 3 aromatic rings. The van der Waals surface area contributed by atoms with Crippen LogP contribution in [-0.4, -0.2) is 86.1 Å². The van der Waals surface area contributed by atoms with Crippen molar-refractivity contribution in [2.24, 2.45) is 0 Å². The zero-order valence-electron chi connectivity index (χ0n) is 25.1. The van der Waals surface area contributed by atoms with Crippen molar-refractivity contribution in [1.29, 1.82) is 0 Å². The third kappa shape index (κ3) is 6.97. The van der Waals surface area contributed by atoms with Crippen LogP contribution in [0.4, 0.5) is 5.69 Å². The largest absolute Gasteiger partial charge is 0.482 e. The summed E-state index contributed by atoms with van der Waals surface area (Å²) in [7, 11) is 0. The highest BCUT2D eigenvalue weighted by Crippen LogP contribution is 2.40. The highest BCUT2D eigenvalue weighted by Gasteiger charge is 2.35. The summed E-state index contributed by atoms with van der Waals surface area (Å²) in [5.74, 6) is -0.214. The van der Waals surface area contributed by atoms with E-state index in [-0.39, 0.29) is 35.4 Å². The molecule has 3 aliphatic rings. The number of amides is 3. The van der Waals surface area contributed by atoms with Gasteiger partial charge in [-0.15, -0.1) is 0 Å². The molecule has 3 aliphatic heterocycles. The predicted octanol–water partition coefficient (Wildman–Crippen LogP) is 5.20. The second-order valence-corrected chi connectivity index (χ2v) is 12.5. The van der Waals surface area contributed by atoms with Crippen molar-refractivity contribution in [2.45, 2.75) is 31.8 Å². The van der Waals surface area contributed by atoms with E-state index in [1.54, 1.807) is 19.1 Å². The average molecular weight is 652 g/mol. The monoisotopic (exact) mass is 650 g/mol. The molecule has 2 fully saturated rings. The van der Waals surface area contributed by atoms with E-state index < -0.39 is 6.04 Å². The Morgan fingerprint density at radius 1 is 0.911 bits per heavy atom. The molecule has 3 amide bonds. The van der Waals surface area contributed by atoms with Gasteiger partial charge in [-0.1, -0.05) is 53.5 Å². The fourth-order valence-electron chi connectivity index (χ4n) is 6.15. The molecule has 2 saturated heterocycles. The number of likely N-dealkylation sites (tertiary alicyclic amines) is 1. The highest BCUT2D eigenvalue weighted by molar-refractivity contribution is 6.42. The lowest BCUT2D eigenvalue weighted by Crippen LogP contribution is -2.53. The van der Waals surface area contributed by atoms with Crippen molar-refractivity contribution in [3.8, 4) is 16.9 Å². The van der Waals surface area contributed by atoms with E-state index in [0.29, 0.717) is 41.8 Å². The van der Waals surface area contributed by atoms with Gasteiger partial charge in [0, 0.05) is 44.4 Å². The van der Waals surface area contributed by atoms with Crippen LogP contribution in [0.25, 0.3) is 11.1 Å². The van der Waals surface area contributed by atoms with Gasteiger partial charge in [-0.05, 0) is 60.7 Å². The number of rotatable bonds is 8. The van der Waals surface area contributed by atoms with Crippen LogP contribution in [0.5, 0.6) is 5.75 Å². The number of anilines is 1. The molecule has 9 nitrogen and oxygen atoms in total. The summed E-state index contributed by atoms with van der Waals surface area (Å²) >= 11 is 12.5. The number of fused-ring (bicyclic) bond motifs is 1. The number of carbonyl (C=O) groups excluding carboxylic acids is 3. The molecule has 45 heavy (non-hydrogen) atoms. The van der Waals surface area contributed by atoms with E-state index in [9.17, 15) is 14.4 Å². The van der Waals surface area contributed by atoms with E-state index >= 15 is 0 Å². The summed E-state index contributed by atoms with van der Waals surface area (Å²) in [6, 6.07) is 17.6. The van der Waals surface area contributed by atoms with Gasteiger partial charge in [-0.2, -0.15) is 0 Å². The second kappa shape index (κ2) is 13.8. The number of halogens is 2. The molecule has 3 heterocycles. The lowest BCUT2D eigenvalue weighted by Gasteiger charge is -2.35. The van der Waals surface area contributed by atoms with Crippen LogP contribution in [0.2, 0.25) is 10.0 Å². The van der Waals surface area contributed by atoms with Crippen LogP contribution in [0.1, 0.15) is 41.7 Å². The minimum Gasteiger partial charge on any atom is -0.482 e. The molecular weight excluding hydrogens is 615 g/mol. The SMILES string of the molecule is CC(C(=O)NC(CN1CCOCC1)c1cccc(-c2cccc(C(=O)N3CCCC3)c2)c1)N1C(=O)COc2cc(Cl)c(Cl)cc21. The van der Waals surface area contributed by atoms with Gasteiger partial charge in [0.1, 0.15) is 11.8 Å². The summed E-state index contributed by atoms with van der Waals surface area (Å²) in [5, 5.41) is 3.79. The maximum atomic E-state index is 13.9. The van der Waals surface area contributed by atoms with Crippen molar-refractivity contribution >= 4 is 46.6 Å². The number of nitrogens with one attached hydrogen (secondary N) is 1. The Morgan fingerprint density at radius 2 is 1.60 bits per heavy atom. The molecule has 6 rings (SSSR count). The third-order valence-electron chi connectivity index (χ3n) is 8.63. The van der Waals surface area contributed by atoms with Crippen LogP contribution in [-0.2, 0) is 14.3 Å². The summed E-state index contributed by atoms with van der Waals surface area (Å²) in [5.41, 5.74) is 3.86. The first-order valence-corrected chi connectivity index (χ1v) is 16.1. The topological polar surface area (TPSA) is 91.4 Å². The lowest BCUT2D eigenvalue weighted by atomic mass is 9.97. The molecule has 1 N–H and O–H groups in total. The van der Waals surface area contributed by atoms with Gasteiger partial charge >= 0.3 is 0 Å². The molecule has 236 valence electrons. The predicted molar refractivity (Wildman–Crippen MR) is 174 cm³/mol. The fraction of sp³-hybridized carbons (Fsp3) is 0.382. The Balaban J connectivity index is 1.27. The normalized spacial score (nSPS) is 18.2. The van der Waals surface area contributed by atoms with Crippen molar-refractivity contribution in [1.82, 2.24) is 15.1 Å². The van der Waals surface area contributed by atoms with Crippen molar-refractivity contribution in [3.05, 3.63) is 81.8 Å². The van der Waals surface area contributed by atoms with E-state index in [4.69, 9.17) is 32.7 Å². The Bertz CT molecular complexity index is 1590. The zero-order valence-corrected chi connectivity index (χ0v) is 26.6. The maximum absolute atomic E-state index is 13.9. The van der Waals surface area contributed by atoms with Crippen molar-refractivity contribution < 1.29 is 23.9 Å². The van der Waals surface area contributed by atoms with Gasteiger partial charge < -0.3 is 19.7 Å². The van der Waals surface area contributed by atoms with Gasteiger partial charge in [0.25, 0.3) is 11.8 Å². The minimum atomic E-state index is -0.846. The smallest absolute Gasteiger partial charge is 0.265 e. The van der Waals surface area contributed by atoms with Crippen LogP contribution >= 0.6 is 23.2 Å². The number of carbonyl (C=O) groups is 3. The summed E-state index contributed by atoms with van der Waals surface area (Å²) < 4.78 is 11.1. The van der Waals surface area contributed by atoms with E-state index in [1.165, 1.54) is 4.90 Å². The number of hydrogen-bond donors (Lipinski definition) is 1. The van der Waals surface area contributed by atoms with Gasteiger partial charge in [-0.3, -0.25) is 24.2 Å². The second-order valence-electron chi connectivity index (χ2n) is 11.6. The molecule has 2 atom stereocenters. The van der Waals surface area contributed by atoms with Gasteiger partial charge in [0.15, 0.2) is 6.61 Å². The molecule has 2 unspecified atom stereocenters. The molecule has 0 saturated carbocycles. The number of hydrogen-bond acceptors (Lipinski definition) is 6. The summed E-state index contributed by atoms with van der Waals surface area (Å²) in [6.07, 6.45) is 2.08. The number of morpholine rings is 1. The Kier molecular flexibility index (Phi) is 9.61. The number of nitrogens with zero attached hydrogens (tertiary/aromatic N) is 3. The minimum absolute atomic E-state index is 0.0553. The molecular formula is C34H36Cl2N4O5. The van der Waals surface area contributed by atoms with Crippen molar-refractivity contribution in [3.63, 3.8) is 0 Å². The standard InChI is InChI=1S/C34H36Cl2N4O5/c1-22(40-30-18-27(35)28(36)19-31(30)45-21-32(40)41)33(42)37-29(20-38-12-14-44-15-13-38)25-8-4-6-23(16-25)24-7-5-9-26(17-24)34(43)39-10-2-3-11-39/h4-9,16-19,22,29H,2-3,10-15,20-21H2,1H3,(H,37,42). The molecule has 0 aliphatic carbocycles. The first kappa shape index (κ1) is 31.4. The first-order chi connectivity index (χ1) is 21.8. The summed E-state index contributed by atoms with van der Waals surface area (Å²) in [6.45, 7) is 6.37. The Hall–Kier alpha value is -3.63. The average Bonchev–Trinajstić information content (AvgIpc) is 3.60. The van der Waals surface area contributed by atoms with Crippen LogP contribution in [0, 0.1) is 0 Å². The third-order valence-corrected chi connectivity index (χ3v) is 9.36. The van der Waals surface area contributed by atoms with Crippen LogP contribution in [0.3, 0.4) is 0 Å². The van der Waals surface area contributed by atoms with Crippen molar-refractivity contribution in [2.75, 3.05) is 57.4 Å². The molecule has 0 spiro atoms. The number of ether oxygens (including phenoxy) is 2. The fourth-order valence-corrected chi connectivity index (χ4v) is 6.46. The van der Waals surface area contributed by atoms with Gasteiger partial charge in [-0.25, -0.2) is 0 Å². The molecule has 11 heteroatoms. The Labute approximate surface area is 273 Å². The molecule has 0 aromatic heterocycles. The van der Waals surface area contributed by atoms with Gasteiger partial charge in [0.2, 0.25) is 5.91 Å². The zero-order chi connectivity index (χ0) is 31.5. The molecule has 3 aromatic carbocycles. The maximum Gasteiger partial charge on any atom is 0.265 e. The van der Waals surface area contributed by atoms with Gasteiger partial charge in [0.05, 0.1) is 35.0 Å². The lowest BCUT2D eigenvalue weighted by molar-refractivity contribution is -0.128. The van der Waals surface area contributed by atoms with E-state index in [1.807, 2.05) is 47.4 Å². The van der Waals surface area contributed by atoms with Crippen LogP contribution in [0.15, 0.2) is 60.7 Å². The quantitative estimate of drug-likeness (QED) is 0.360. The van der Waals surface area contributed by atoms with E-state index in [0.717, 1.165) is 55.7 Å². The first-order valence-electron chi connectivity index (χ1n) is 15.3. The highest BCUT2D eigenvalue weighted by atomic mass is 35.5. The Morgan fingerprint density at radius 3 is 2.36 bits per heavy atom. The summed E-state index contributed by atoms with van der Waals surface area (Å²) in [4.78, 5) is 45.6. The molecule has 0 radical (unpaired) electrons.